The summed E-state index contributed by atoms with van der Waals surface area (Å²) in [6.07, 6.45) is 1.79. The molecule has 2 heterocycles. The van der Waals surface area contributed by atoms with Crippen molar-refractivity contribution in [3.63, 3.8) is 0 Å². The van der Waals surface area contributed by atoms with E-state index in [1.807, 2.05) is 37.3 Å². The predicted molar refractivity (Wildman–Crippen MR) is 98.3 cm³/mol. The van der Waals surface area contributed by atoms with Crippen molar-refractivity contribution < 1.29 is 19.0 Å². The van der Waals surface area contributed by atoms with E-state index in [0.29, 0.717) is 37.0 Å². The summed E-state index contributed by atoms with van der Waals surface area (Å²) in [5, 5.41) is 0. The average molecular weight is 351 g/mol. The van der Waals surface area contributed by atoms with Crippen molar-refractivity contribution in [1.29, 1.82) is 0 Å². The molecule has 0 amide bonds. The number of Topliss-reactive ketones (excluding diaryl/α,β-unsaturated/α-hetero) is 1. The highest BCUT2D eigenvalue weighted by Crippen LogP contribution is 2.41. The number of hydrogen-bond acceptors (Lipinski definition) is 5. The fourth-order valence-corrected chi connectivity index (χ4v) is 3.18. The van der Waals surface area contributed by atoms with Gasteiger partial charge in [0, 0.05) is 20.2 Å². The molecule has 0 atom stereocenters. The minimum atomic E-state index is -0.0858. The van der Waals surface area contributed by atoms with Gasteiger partial charge in [-0.1, -0.05) is 29.8 Å². The Morgan fingerprint density at radius 3 is 2.77 bits per heavy atom. The number of fused-ring (bicyclic) bond motifs is 3. The van der Waals surface area contributed by atoms with E-state index >= 15 is 0 Å². The molecular weight excluding hydrogens is 330 g/mol. The zero-order valence-corrected chi connectivity index (χ0v) is 15.0. The van der Waals surface area contributed by atoms with Crippen molar-refractivity contribution in [2.45, 2.75) is 13.5 Å². The lowest BCUT2D eigenvalue weighted by Crippen LogP contribution is -2.34. The van der Waals surface area contributed by atoms with Crippen LogP contribution in [0.2, 0.25) is 0 Å². The standard InChI is InChI=1S/C21H21NO4/c1-14-3-5-15(6-4-14)11-19-20(23)16-7-8-18-17(21(16)26-19)12-22(13-25-18)9-10-24-2/h3-8,11H,9-10,12-13H2,1-2H3. The van der Waals surface area contributed by atoms with Crippen LogP contribution in [0.3, 0.4) is 0 Å². The number of carbonyl (C=O) groups excluding carboxylic acids is 1. The van der Waals surface area contributed by atoms with Crippen molar-refractivity contribution in [3.05, 3.63) is 64.4 Å². The number of ketones is 1. The summed E-state index contributed by atoms with van der Waals surface area (Å²) in [4.78, 5) is 14.9. The van der Waals surface area contributed by atoms with Gasteiger partial charge in [-0.2, -0.15) is 0 Å². The summed E-state index contributed by atoms with van der Waals surface area (Å²) in [5.74, 6) is 1.67. The number of ether oxygens (including phenoxy) is 3. The van der Waals surface area contributed by atoms with Gasteiger partial charge in [0.25, 0.3) is 0 Å². The largest absolute Gasteiger partial charge is 0.478 e. The normalized spacial score (nSPS) is 17.6. The third kappa shape index (κ3) is 3.11. The molecule has 26 heavy (non-hydrogen) atoms. The van der Waals surface area contributed by atoms with Crippen LogP contribution in [0.5, 0.6) is 11.5 Å². The molecule has 0 bridgehead atoms. The Bertz CT molecular complexity index is 870. The second kappa shape index (κ2) is 6.94. The minimum absolute atomic E-state index is 0.0858. The lowest BCUT2D eigenvalue weighted by Gasteiger charge is -2.29. The van der Waals surface area contributed by atoms with Crippen molar-refractivity contribution in [3.8, 4) is 11.5 Å². The molecule has 2 aromatic carbocycles. The van der Waals surface area contributed by atoms with Gasteiger partial charge in [-0.15, -0.1) is 0 Å². The van der Waals surface area contributed by atoms with Gasteiger partial charge in [0.15, 0.2) is 5.76 Å². The van der Waals surface area contributed by atoms with Gasteiger partial charge in [0.05, 0.1) is 17.7 Å². The number of allylic oxidation sites excluding steroid dienone is 1. The van der Waals surface area contributed by atoms with E-state index < -0.39 is 0 Å². The average Bonchev–Trinajstić information content (AvgIpc) is 2.98. The summed E-state index contributed by atoms with van der Waals surface area (Å²) in [5.41, 5.74) is 3.64. The Kier molecular flexibility index (Phi) is 4.49. The van der Waals surface area contributed by atoms with Crippen LogP contribution >= 0.6 is 0 Å². The van der Waals surface area contributed by atoms with Crippen molar-refractivity contribution in [2.75, 3.05) is 27.0 Å². The minimum Gasteiger partial charge on any atom is -0.478 e. The second-order valence-corrected chi connectivity index (χ2v) is 6.59. The summed E-state index contributed by atoms with van der Waals surface area (Å²) in [7, 11) is 1.68. The van der Waals surface area contributed by atoms with Crippen LogP contribution in [-0.4, -0.2) is 37.7 Å². The zero-order valence-electron chi connectivity index (χ0n) is 15.0. The SMILES string of the molecule is COCCN1COc2ccc3c(c2C1)OC(=Cc1ccc(C)cc1)C3=O. The Morgan fingerprint density at radius 2 is 2.00 bits per heavy atom. The van der Waals surface area contributed by atoms with Crippen molar-refractivity contribution in [2.24, 2.45) is 0 Å². The molecule has 0 aliphatic carbocycles. The summed E-state index contributed by atoms with van der Waals surface area (Å²) < 4.78 is 16.9. The number of benzene rings is 2. The fraction of sp³-hybridized carbons (Fsp3) is 0.286. The summed E-state index contributed by atoms with van der Waals surface area (Å²) >= 11 is 0. The first-order valence-electron chi connectivity index (χ1n) is 8.66. The van der Waals surface area contributed by atoms with Gasteiger partial charge >= 0.3 is 0 Å². The van der Waals surface area contributed by atoms with Gasteiger partial charge in [-0.3, -0.25) is 9.69 Å². The van der Waals surface area contributed by atoms with E-state index in [-0.39, 0.29) is 5.78 Å². The second-order valence-electron chi connectivity index (χ2n) is 6.59. The first-order valence-corrected chi connectivity index (χ1v) is 8.66. The maximum atomic E-state index is 12.7. The van der Waals surface area contributed by atoms with Crippen LogP contribution in [0.4, 0.5) is 0 Å². The van der Waals surface area contributed by atoms with E-state index in [0.717, 1.165) is 23.4 Å². The van der Waals surface area contributed by atoms with E-state index in [2.05, 4.69) is 4.90 Å². The molecule has 0 radical (unpaired) electrons. The number of nitrogens with zero attached hydrogens (tertiary/aromatic N) is 1. The molecule has 0 aromatic heterocycles. The number of hydrogen-bond donors (Lipinski definition) is 0. The topological polar surface area (TPSA) is 48.0 Å². The molecule has 134 valence electrons. The molecule has 0 saturated heterocycles. The zero-order chi connectivity index (χ0) is 18.1. The molecular formula is C21H21NO4. The highest BCUT2D eigenvalue weighted by atomic mass is 16.5. The van der Waals surface area contributed by atoms with Crippen molar-refractivity contribution >= 4 is 11.9 Å². The molecule has 0 fully saturated rings. The highest BCUT2D eigenvalue weighted by Gasteiger charge is 2.33. The lowest BCUT2D eigenvalue weighted by atomic mass is 10.0. The van der Waals surface area contributed by atoms with Gasteiger partial charge in [-0.05, 0) is 30.7 Å². The van der Waals surface area contributed by atoms with Crippen LogP contribution in [0.1, 0.15) is 27.0 Å². The Morgan fingerprint density at radius 1 is 1.19 bits per heavy atom. The van der Waals surface area contributed by atoms with E-state index in [4.69, 9.17) is 14.2 Å². The van der Waals surface area contributed by atoms with Crippen LogP contribution in [0, 0.1) is 6.92 Å². The van der Waals surface area contributed by atoms with Crippen LogP contribution in [-0.2, 0) is 11.3 Å². The molecule has 2 aromatic rings. The smallest absolute Gasteiger partial charge is 0.231 e. The summed E-state index contributed by atoms with van der Waals surface area (Å²) in [6.45, 7) is 4.61. The molecule has 0 spiro atoms. The third-order valence-electron chi connectivity index (χ3n) is 4.67. The Labute approximate surface area is 152 Å². The first kappa shape index (κ1) is 16.8. The van der Waals surface area contributed by atoms with Crippen molar-refractivity contribution in [1.82, 2.24) is 4.90 Å². The fourth-order valence-electron chi connectivity index (χ4n) is 3.18. The molecule has 5 heteroatoms. The summed E-state index contributed by atoms with van der Waals surface area (Å²) in [6, 6.07) is 11.6. The van der Waals surface area contributed by atoms with Crippen LogP contribution in [0.15, 0.2) is 42.2 Å². The monoisotopic (exact) mass is 351 g/mol. The van der Waals surface area contributed by atoms with Crippen LogP contribution in [0.25, 0.3) is 6.08 Å². The van der Waals surface area contributed by atoms with E-state index in [1.54, 1.807) is 19.3 Å². The van der Waals surface area contributed by atoms with Gasteiger partial charge < -0.3 is 14.2 Å². The lowest BCUT2D eigenvalue weighted by molar-refractivity contribution is 0.0646. The molecule has 2 aliphatic rings. The van der Waals surface area contributed by atoms with Gasteiger partial charge in [0.2, 0.25) is 5.78 Å². The molecule has 4 rings (SSSR count). The maximum absolute atomic E-state index is 12.7. The molecule has 0 saturated carbocycles. The highest BCUT2D eigenvalue weighted by molar-refractivity contribution is 6.15. The van der Waals surface area contributed by atoms with Crippen LogP contribution < -0.4 is 9.47 Å². The molecule has 5 nitrogen and oxygen atoms in total. The van der Waals surface area contributed by atoms with E-state index in [1.165, 1.54) is 5.56 Å². The molecule has 2 aliphatic heterocycles. The Balaban J connectivity index is 1.63. The predicted octanol–water partition coefficient (Wildman–Crippen LogP) is 3.41. The van der Waals surface area contributed by atoms with Gasteiger partial charge in [0.1, 0.15) is 18.2 Å². The number of carbonyl (C=O) groups is 1. The van der Waals surface area contributed by atoms with E-state index in [9.17, 15) is 4.79 Å². The number of methoxy groups -OCH3 is 1. The Hall–Kier alpha value is -2.63. The number of aryl methyl sites for hydroxylation is 1. The number of rotatable bonds is 4. The first-order chi connectivity index (χ1) is 12.7. The maximum Gasteiger partial charge on any atom is 0.231 e. The quantitative estimate of drug-likeness (QED) is 0.790. The molecule has 0 N–H and O–H groups in total. The van der Waals surface area contributed by atoms with Gasteiger partial charge in [-0.25, -0.2) is 0 Å². The third-order valence-corrected chi connectivity index (χ3v) is 4.67. The molecule has 0 unspecified atom stereocenters.